The van der Waals surface area contributed by atoms with Crippen LogP contribution in [0, 0.1) is 5.92 Å². The molecule has 1 atom stereocenters. The van der Waals surface area contributed by atoms with E-state index in [4.69, 9.17) is 5.73 Å². The molecule has 0 unspecified atom stereocenters. The van der Waals surface area contributed by atoms with Gasteiger partial charge in [0.25, 0.3) is 0 Å². The molecule has 0 radical (unpaired) electrons. The minimum Gasteiger partial charge on any atom is -0.324 e. The van der Waals surface area contributed by atoms with Crippen LogP contribution in [0.2, 0.25) is 0 Å². The van der Waals surface area contributed by atoms with Crippen molar-refractivity contribution >= 4 is 0 Å². The molecule has 1 aliphatic rings. The fourth-order valence-electron chi connectivity index (χ4n) is 2.79. The highest BCUT2D eigenvalue weighted by Gasteiger charge is 2.35. The highest BCUT2D eigenvalue weighted by atomic mass is 19.4. The van der Waals surface area contributed by atoms with Crippen molar-refractivity contribution in [2.45, 2.75) is 44.3 Å². The molecule has 0 spiro atoms. The molecule has 4 heteroatoms. The molecule has 1 aromatic rings. The van der Waals surface area contributed by atoms with Crippen LogP contribution in [0.1, 0.15) is 49.3 Å². The van der Waals surface area contributed by atoms with Crippen molar-refractivity contribution in [3.8, 4) is 0 Å². The summed E-state index contributed by atoms with van der Waals surface area (Å²) in [6, 6.07) is 5.19. The predicted octanol–water partition coefficient (Wildman–Crippen LogP) is 4.29. The van der Waals surface area contributed by atoms with Gasteiger partial charge < -0.3 is 5.73 Å². The maximum Gasteiger partial charge on any atom is 0.416 e. The lowest BCUT2D eigenvalue weighted by Crippen LogP contribution is -2.26. The molecule has 1 nitrogen and oxygen atoms in total. The van der Waals surface area contributed by atoms with Crippen LogP contribution in [0.3, 0.4) is 0 Å². The van der Waals surface area contributed by atoms with Crippen LogP contribution in [0.5, 0.6) is 0 Å². The van der Waals surface area contributed by atoms with E-state index in [1.807, 2.05) is 0 Å². The highest BCUT2D eigenvalue weighted by Crippen LogP contribution is 2.39. The molecule has 18 heavy (non-hydrogen) atoms. The molecule has 0 bridgehead atoms. The van der Waals surface area contributed by atoms with Gasteiger partial charge in [0.1, 0.15) is 0 Å². The molecule has 1 saturated carbocycles. The third kappa shape index (κ3) is 2.86. The number of rotatable bonds is 2. The van der Waals surface area contributed by atoms with Gasteiger partial charge in [0, 0.05) is 6.04 Å². The van der Waals surface area contributed by atoms with E-state index in [2.05, 4.69) is 0 Å². The van der Waals surface area contributed by atoms with Crippen molar-refractivity contribution in [1.82, 2.24) is 0 Å². The van der Waals surface area contributed by atoms with Gasteiger partial charge in [0.2, 0.25) is 0 Å². The Morgan fingerprint density at radius 2 is 1.67 bits per heavy atom. The topological polar surface area (TPSA) is 26.0 Å². The Morgan fingerprint density at radius 3 is 2.28 bits per heavy atom. The van der Waals surface area contributed by atoms with Crippen LogP contribution in [-0.2, 0) is 6.18 Å². The van der Waals surface area contributed by atoms with E-state index in [9.17, 15) is 13.2 Å². The summed E-state index contributed by atoms with van der Waals surface area (Å²) in [4.78, 5) is 0. The van der Waals surface area contributed by atoms with Crippen molar-refractivity contribution in [2.24, 2.45) is 11.7 Å². The Balaban J connectivity index is 2.26. The summed E-state index contributed by atoms with van der Waals surface area (Å²) in [6.07, 6.45) is 0.882. The summed E-state index contributed by atoms with van der Waals surface area (Å²) in [5, 5.41) is 0. The summed E-state index contributed by atoms with van der Waals surface area (Å²) < 4.78 is 38.8. The van der Waals surface area contributed by atoms with Crippen molar-refractivity contribution in [2.75, 3.05) is 0 Å². The smallest absolute Gasteiger partial charge is 0.324 e. The second kappa shape index (κ2) is 5.31. The van der Waals surface area contributed by atoms with Crippen molar-refractivity contribution in [3.63, 3.8) is 0 Å². The van der Waals surface area contributed by atoms with E-state index in [0.29, 0.717) is 0 Å². The van der Waals surface area contributed by atoms with E-state index in [0.717, 1.165) is 31.7 Å². The van der Waals surface area contributed by atoms with Crippen molar-refractivity contribution in [1.29, 1.82) is 0 Å². The minimum atomic E-state index is -4.32. The summed E-state index contributed by atoms with van der Waals surface area (Å²) in [5.41, 5.74) is 5.73. The Labute approximate surface area is 105 Å². The molecule has 1 aromatic carbocycles. The lowest BCUT2D eigenvalue weighted by molar-refractivity contribution is -0.138. The third-order valence-electron chi connectivity index (χ3n) is 3.78. The first-order valence-corrected chi connectivity index (χ1v) is 6.42. The van der Waals surface area contributed by atoms with Crippen LogP contribution in [0.25, 0.3) is 0 Å². The summed E-state index contributed by atoms with van der Waals surface area (Å²) >= 11 is 0. The molecule has 0 heterocycles. The van der Waals surface area contributed by atoms with Gasteiger partial charge in [-0.05, 0) is 30.4 Å². The molecule has 2 rings (SSSR count). The summed E-state index contributed by atoms with van der Waals surface area (Å²) in [6.45, 7) is 0. The number of hydrogen-bond acceptors (Lipinski definition) is 1. The zero-order valence-corrected chi connectivity index (χ0v) is 10.2. The third-order valence-corrected chi connectivity index (χ3v) is 3.78. The molecule has 100 valence electrons. The van der Waals surface area contributed by atoms with E-state index in [1.165, 1.54) is 18.6 Å². The SMILES string of the molecule is N[C@H](c1ccccc1C(F)(F)F)C1CCCCC1. The predicted molar refractivity (Wildman–Crippen MR) is 64.9 cm³/mol. The van der Waals surface area contributed by atoms with Gasteiger partial charge in [-0.25, -0.2) is 0 Å². The monoisotopic (exact) mass is 257 g/mol. The van der Waals surface area contributed by atoms with Gasteiger partial charge >= 0.3 is 6.18 Å². The molecule has 0 aromatic heterocycles. The molecule has 0 saturated heterocycles. The van der Waals surface area contributed by atoms with Crippen LogP contribution in [0.15, 0.2) is 24.3 Å². The number of nitrogens with two attached hydrogens (primary N) is 1. The van der Waals surface area contributed by atoms with Crippen LogP contribution < -0.4 is 5.73 Å². The maximum absolute atomic E-state index is 12.9. The van der Waals surface area contributed by atoms with Crippen LogP contribution in [0.4, 0.5) is 13.2 Å². The first-order valence-electron chi connectivity index (χ1n) is 6.42. The zero-order chi connectivity index (χ0) is 13.2. The van der Waals surface area contributed by atoms with Gasteiger partial charge in [0.15, 0.2) is 0 Å². The van der Waals surface area contributed by atoms with Crippen molar-refractivity contribution < 1.29 is 13.2 Å². The summed E-state index contributed by atoms with van der Waals surface area (Å²) in [7, 11) is 0. The second-order valence-electron chi connectivity index (χ2n) is 5.01. The molecule has 1 fully saturated rings. The van der Waals surface area contributed by atoms with Gasteiger partial charge in [-0.1, -0.05) is 37.5 Å². The van der Waals surface area contributed by atoms with E-state index in [-0.39, 0.29) is 11.5 Å². The Kier molecular flexibility index (Phi) is 3.95. The lowest BCUT2D eigenvalue weighted by Gasteiger charge is -2.29. The van der Waals surface area contributed by atoms with E-state index < -0.39 is 17.8 Å². The Hall–Kier alpha value is -1.03. The van der Waals surface area contributed by atoms with Crippen LogP contribution >= 0.6 is 0 Å². The molecule has 0 aliphatic heterocycles. The van der Waals surface area contributed by atoms with E-state index in [1.54, 1.807) is 6.07 Å². The quantitative estimate of drug-likeness (QED) is 0.840. The van der Waals surface area contributed by atoms with Gasteiger partial charge in [-0.2, -0.15) is 13.2 Å². The van der Waals surface area contributed by atoms with Gasteiger partial charge in [-0.3, -0.25) is 0 Å². The molecular formula is C14H18F3N. The molecular weight excluding hydrogens is 239 g/mol. The number of hydrogen-bond donors (Lipinski definition) is 1. The maximum atomic E-state index is 12.9. The van der Waals surface area contributed by atoms with E-state index >= 15 is 0 Å². The normalized spacial score (nSPS) is 19.8. The average Bonchev–Trinajstić information content (AvgIpc) is 2.38. The minimum absolute atomic E-state index is 0.183. The molecule has 0 amide bonds. The Morgan fingerprint density at radius 1 is 1.06 bits per heavy atom. The standard InChI is InChI=1S/C14H18F3N/c15-14(16,17)12-9-5-4-8-11(12)13(18)10-6-2-1-3-7-10/h4-5,8-10,13H,1-3,6-7,18H2/t13-/m0/s1. The first-order chi connectivity index (χ1) is 8.50. The molecule has 2 N–H and O–H groups in total. The number of halogens is 3. The average molecular weight is 257 g/mol. The fourth-order valence-corrected chi connectivity index (χ4v) is 2.79. The number of alkyl halides is 3. The van der Waals surface area contributed by atoms with Gasteiger partial charge in [0.05, 0.1) is 5.56 Å². The lowest BCUT2D eigenvalue weighted by atomic mass is 9.80. The first kappa shape index (κ1) is 13.4. The number of benzene rings is 1. The fraction of sp³-hybridized carbons (Fsp3) is 0.571. The van der Waals surface area contributed by atoms with Crippen molar-refractivity contribution in [3.05, 3.63) is 35.4 Å². The summed E-state index contributed by atoms with van der Waals surface area (Å²) in [5.74, 6) is 0.183. The Bertz CT molecular complexity index is 394. The molecule has 1 aliphatic carbocycles. The second-order valence-corrected chi connectivity index (χ2v) is 5.01. The largest absolute Gasteiger partial charge is 0.416 e. The van der Waals surface area contributed by atoms with Crippen LogP contribution in [-0.4, -0.2) is 0 Å². The highest BCUT2D eigenvalue weighted by molar-refractivity contribution is 5.32. The van der Waals surface area contributed by atoms with Gasteiger partial charge in [-0.15, -0.1) is 0 Å². The zero-order valence-electron chi connectivity index (χ0n) is 10.2.